The highest BCUT2D eigenvalue weighted by atomic mass is 16.5. The molecule has 0 aliphatic carbocycles. The highest BCUT2D eigenvalue weighted by Crippen LogP contribution is 2.29. The molecule has 0 radical (unpaired) electrons. The number of aryl methyl sites for hydroxylation is 2. The molecule has 4 nitrogen and oxygen atoms in total. The Labute approximate surface area is 124 Å². The average molecular weight is 285 g/mol. The van der Waals surface area contributed by atoms with Crippen LogP contribution in [0.25, 0.3) is 0 Å². The maximum Gasteiger partial charge on any atom is 0.338 e. The van der Waals surface area contributed by atoms with E-state index < -0.39 is 0 Å². The lowest BCUT2D eigenvalue weighted by Gasteiger charge is -2.11. The van der Waals surface area contributed by atoms with Crippen LogP contribution in [0.2, 0.25) is 0 Å². The first-order valence-electron chi connectivity index (χ1n) is 6.82. The van der Waals surface area contributed by atoms with Crippen molar-refractivity contribution < 1.29 is 14.3 Å². The van der Waals surface area contributed by atoms with E-state index >= 15 is 0 Å². The van der Waals surface area contributed by atoms with E-state index in [-0.39, 0.29) is 5.97 Å². The number of rotatable bonds is 4. The molecule has 21 heavy (non-hydrogen) atoms. The third-order valence-electron chi connectivity index (χ3n) is 2.94. The van der Waals surface area contributed by atoms with Crippen molar-refractivity contribution in [1.29, 1.82) is 0 Å². The molecule has 0 amide bonds. The van der Waals surface area contributed by atoms with Crippen LogP contribution in [0.15, 0.2) is 36.4 Å². The van der Waals surface area contributed by atoms with Crippen molar-refractivity contribution in [2.45, 2.75) is 20.8 Å². The van der Waals surface area contributed by atoms with Crippen LogP contribution in [0.1, 0.15) is 28.4 Å². The summed E-state index contributed by atoms with van der Waals surface area (Å²) in [5.74, 6) is 0.860. The molecular weight excluding hydrogens is 266 g/mol. The van der Waals surface area contributed by atoms with Gasteiger partial charge in [-0.15, -0.1) is 0 Å². The van der Waals surface area contributed by atoms with Gasteiger partial charge < -0.3 is 15.2 Å². The van der Waals surface area contributed by atoms with Gasteiger partial charge in [-0.2, -0.15) is 0 Å². The number of anilines is 1. The van der Waals surface area contributed by atoms with Crippen LogP contribution in [0.4, 0.5) is 5.69 Å². The van der Waals surface area contributed by atoms with Gasteiger partial charge in [0, 0.05) is 0 Å². The lowest BCUT2D eigenvalue weighted by Crippen LogP contribution is -2.05. The minimum absolute atomic E-state index is 0.333. The van der Waals surface area contributed by atoms with E-state index in [0.717, 1.165) is 16.9 Å². The number of esters is 1. The monoisotopic (exact) mass is 285 g/mol. The maximum atomic E-state index is 11.6. The van der Waals surface area contributed by atoms with Crippen LogP contribution in [-0.4, -0.2) is 12.6 Å². The number of carbonyl (C=O) groups excluding carboxylic acids is 1. The molecule has 0 bridgehead atoms. The van der Waals surface area contributed by atoms with E-state index in [4.69, 9.17) is 15.2 Å². The Kier molecular flexibility index (Phi) is 4.48. The second kappa shape index (κ2) is 6.31. The first kappa shape index (κ1) is 14.9. The number of ether oxygens (including phenoxy) is 2. The Morgan fingerprint density at radius 2 is 1.76 bits per heavy atom. The summed E-state index contributed by atoms with van der Waals surface area (Å²) in [5, 5.41) is 0. The largest absolute Gasteiger partial charge is 0.462 e. The van der Waals surface area contributed by atoms with Gasteiger partial charge in [-0.25, -0.2) is 4.79 Å². The Hall–Kier alpha value is -2.49. The molecule has 2 N–H and O–H groups in total. The van der Waals surface area contributed by atoms with Crippen molar-refractivity contribution in [1.82, 2.24) is 0 Å². The molecule has 2 aromatic carbocycles. The number of hydrogen-bond donors (Lipinski definition) is 1. The van der Waals surface area contributed by atoms with Crippen LogP contribution in [0.5, 0.6) is 11.5 Å². The normalized spacial score (nSPS) is 10.2. The van der Waals surface area contributed by atoms with Gasteiger partial charge in [0.05, 0.1) is 17.9 Å². The fraction of sp³-hybridized carbons (Fsp3) is 0.235. The molecule has 0 atom stereocenters. The lowest BCUT2D eigenvalue weighted by atomic mass is 10.1. The molecule has 0 aliphatic heterocycles. The summed E-state index contributed by atoms with van der Waals surface area (Å²) in [4.78, 5) is 11.6. The van der Waals surface area contributed by atoms with E-state index in [1.807, 2.05) is 26.0 Å². The van der Waals surface area contributed by atoms with Crippen molar-refractivity contribution >= 4 is 11.7 Å². The summed E-state index contributed by atoms with van der Waals surface area (Å²) in [6.07, 6.45) is 0. The topological polar surface area (TPSA) is 61.5 Å². The first-order chi connectivity index (χ1) is 9.99. The van der Waals surface area contributed by atoms with Crippen LogP contribution in [-0.2, 0) is 4.74 Å². The van der Waals surface area contributed by atoms with Gasteiger partial charge >= 0.3 is 5.97 Å². The smallest absolute Gasteiger partial charge is 0.338 e. The van der Waals surface area contributed by atoms with Gasteiger partial charge in [-0.1, -0.05) is 6.07 Å². The van der Waals surface area contributed by atoms with Gasteiger partial charge in [0.1, 0.15) is 11.5 Å². The Morgan fingerprint density at radius 1 is 1.10 bits per heavy atom. The molecule has 0 saturated heterocycles. The number of benzene rings is 2. The van der Waals surface area contributed by atoms with E-state index in [1.54, 1.807) is 25.1 Å². The van der Waals surface area contributed by atoms with Crippen LogP contribution in [0.3, 0.4) is 0 Å². The van der Waals surface area contributed by atoms with Crippen molar-refractivity contribution in [2.75, 3.05) is 12.3 Å². The molecule has 2 aromatic rings. The van der Waals surface area contributed by atoms with E-state index in [9.17, 15) is 4.79 Å². The zero-order valence-corrected chi connectivity index (χ0v) is 12.5. The summed E-state index contributed by atoms with van der Waals surface area (Å²) in [7, 11) is 0. The second-order valence-electron chi connectivity index (χ2n) is 4.90. The van der Waals surface area contributed by atoms with Gasteiger partial charge in [0.15, 0.2) is 0 Å². The van der Waals surface area contributed by atoms with Gasteiger partial charge in [0.2, 0.25) is 0 Å². The molecule has 4 heteroatoms. The highest BCUT2D eigenvalue weighted by Gasteiger charge is 2.10. The van der Waals surface area contributed by atoms with Gasteiger partial charge in [0.25, 0.3) is 0 Å². The number of hydrogen-bond acceptors (Lipinski definition) is 4. The predicted molar refractivity (Wildman–Crippen MR) is 82.8 cm³/mol. The first-order valence-corrected chi connectivity index (χ1v) is 6.82. The van der Waals surface area contributed by atoms with Gasteiger partial charge in [-0.3, -0.25) is 0 Å². The highest BCUT2D eigenvalue weighted by molar-refractivity contribution is 5.91. The Balaban J connectivity index is 2.23. The van der Waals surface area contributed by atoms with E-state index in [2.05, 4.69) is 6.07 Å². The third kappa shape index (κ3) is 3.75. The summed E-state index contributed by atoms with van der Waals surface area (Å²) >= 11 is 0. The van der Waals surface area contributed by atoms with Crippen LogP contribution >= 0.6 is 0 Å². The molecule has 110 valence electrons. The zero-order chi connectivity index (χ0) is 15.4. The minimum Gasteiger partial charge on any atom is -0.462 e. The fourth-order valence-corrected chi connectivity index (χ4v) is 2.10. The zero-order valence-electron chi connectivity index (χ0n) is 12.5. The van der Waals surface area contributed by atoms with Crippen molar-refractivity contribution in [3.05, 3.63) is 53.1 Å². The molecule has 0 unspecified atom stereocenters. The standard InChI is InChI=1S/C17H19NO3/c1-4-20-17(19)13-5-6-16(15(18)10-13)21-14-8-11(2)7-12(3)9-14/h5-10H,4,18H2,1-3H3. The van der Waals surface area contributed by atoms with Crippen LogP contribution in [0, 0.1) is 13.8 Å². The molecule has 0 spiro atoms. The molecule has 0 fully saturated rings. The number of nitrogens with two attached hydrogens (primary N) is 1. The minimum atomic E-state index is -0.387. The van der Waals surface area contributed by atoms with E-state index in [0.29, 0.717) is 23.6 Å². The molecule has 0 heterocycles. The average Bonchev–Trinajstić information content (AvgIpc) is 2.40. The van der Waals surface area contributed by atoms with E-state index in [1.165, 1.54) is 0 Å². The number of nitrogen functional groups attached to an aromatic ring is 1. The third-order valence-corrected chi connectivity index (χ3v) is 2.94. The SMILES string of the molecule is CCOC(=O)c1ccc(Oc2cc(C)cc(C)c2)c(N)c1. The molecular formula is C17H19NO3. The molecule has 2 rings (SSSR count). The lowest BCUT2D eigenvalue weighted by molar-refractivity contribution is 0.0526. The quantitative estimate of drug-likeness (QED) is 0.684. The number of carbonyl (C=O) groups is 1. The summed E-state index contributed by atoms with van der Waals surface area (Å²) < 4.78 is 10.7. The summed E-state index contributed by atoms with van der Waals surface area (Å²) in [5.41, 5.74) is 9.00. The summed E-state index contributed by atoms with van der Waals surface area (Å²) in [6.45, 7) is 6.11. The molecule has 0 saturated carbocycles. The van der Waals surface area contributed by atoms with Crippen molar-refractivity contribution in [3.8, 4) is 11.5 Å². The van der Waals surface area contributed by atoms with Crippen LogP contribution < -0.4 is 10.5 Å². The molecule has 0 aliphatic rings. The molecule has 0 aromatic heterocycles. The fourth-order valence-electron chi connectivity index (χ4n) is 2.10. The summed E-state index contributed by atoms with van der Waals surface area (Å²) in [6, 6.07) is 10.8. The second-order valence-corrected chi connectivity index (χ2v) is 4.90. The van der Waals surface area contributed by atoms with Gasteiger partial charge in [-0.05, 0) is 62.2 Å². The van der Waals surface area contributed by atoms with Crippen molar-refractivity contribution in [2.24, 2.45) is 0 Å². The maximum absolute atomic E-state index is 11.6. The predicted octanol–water partition coefficient (Wildman–Crippen LogP) is 3.85. The van der Waals surface area contributed by atoms with Crippen molar-refractivity contribution in [3.63, 3.8) is 0 Å². The Bertz CT molecular complexity index is 645. The Morgan fingerprint density at radius 3 is 2.33 bits per heavy atom.